The van der Waals surface area contributed by atoms with E-state index in [9.17, 15) is 4.79 Å². The van der Waals surface area contributed by atoms with E-state index >= 15 is 0 Å². The molecule has 1 aromatic carbocycles. The van der Waals surface area contributed by atoms with Crippen LogP contribution >= 0.6 is 0 Å². The Bertz CT molecular complexity index is 579. The first-order valence-electron chi connectivity index (χ1n) is 6.77. The Morgan fingerprint density at radius 3 is 2.75 bits per heavy atom. The number of rotatable bonds is 5. The molecular weight excluding hydrogens is 250 g/mol. The van der Waals surface area contributed by atoms with E-state index in [0.717, 1.165) is 24.2 Å². The maximum absolute atomic E-state index is 12.1. The van der Waals surface area contributed by atoms with E-state index in [1.165, 1.54) is 0 Å². The van der Waals surface area contributed by atoms with Gasteiger partial charge in [0.1, 0.15) is 5.82 Å². The molecule has 0 aliphatic rings. The normalized spacial score (nSPS) is 10.1. The fourth-order valence-corrected chi connectivity index (χ4v) is 1.82. The minimum absolute atomic E-state index is 0.143. The molecular formula is C16H19N3O. The van der Waals surface area contributed by atoms with Gasteiger partial charge in [-0.05, 0) is 37.6 Å². The summed E-state index contributed by atoms with van der Waals surface area (Å²) in [6.45, 7) is 4.98. The fraction of sp³-hybridized carbons (Fsp3) is 0.250. The lowest BCUT2D eigenvalue weighted by Gasteiger charge is -2.07. The average molecular weight is 269 g/mol. The van der Waals surface area contributed by atoms with Gasteiger partial charge in [-0.25, -0.2) is 4.98 Å². The lowest BCUT2D eigenvalue weighted by Crippen LogP contribution is -2.13. The molecule has 0 saturated heterocycles. The summed E-state index contributed by atoms with van der Waals surface area (Å²) in [6, 6.07) is 11.2. The number of pyridine rings is 1. The van der Waals surface area contributed by atoms with Crippen molar-refractivity contribution >= 4 is 17.4 Å². The van der Waals surface area contributed by atoms with Gasteiger partial charge in [0, 0.05) is 12.1 Å². The highest BCUT2D eigenvalue weighted by Gasteiger charge is 2.06. The van der Waals surface area contributed by atoms with E-state index in [0.29, 0.717) is 11.4 Å². The second-order valence-corrected chi connectivity index (χ2v) is 4.68. The summed E-state index contributed by atoms with van der Waals surface area (Å²) in [7, 11) is 0. The summed E-state index contributed by atoms with van der Waals surface area (Å²) in [5, 5.41) is 6.03. The first-order valence-corrected chi connectivity index (χ1v) is 6.77. The third-order valence-corrected chi connectivity index (χ3v) is 2.86. The Balaban J connectivity index is 2.01. The fourth-order valence-electron chi connectivity index (χ4n) is 1.82. The van der Waals surface area contributed by atoms with Gasteiger partial charge < -0.3 is 10.6 Å². The van der Waals surface area contributed by atoms with Gasteiger partial charge in [0.25, 0.3) is 5.91 Å². The molecule has 0 spiro atoms. The molecule has 2 N–H and O–H groups in total. The summed E-state index contributed by atoms with van der Waals surface area (Å²) < 4.78 is 0. The van der Waals surface area contributed by atoms with Gasteiger partial charge >= 0.3 is 0 Å². The van der Waals surface area contributed by atoms with Crippen molar-refractivity contribution in [3.63, 3.8) is 0 Å². The topological polar surface area (TPSA) is 54.0 Å². The molecule has 104 valence electrons. The molecule has 0 aliphatic heterocycles. The van der Waals surface area contributed by atoms with E-state index in [1.807, 2.05) is 31.2 Å². The molecule has 4 heteroatoms. The summed E-state index contributed by atoms with van der Waals surface area (Å²) >= 11 is 0. The highest BCUT2D eigenvalue weighted by atomic mass is 16.1. The summed E-state index contributed by atoms with van der Waals surface area (Å²) in [6.07, 6.45) is 2.79. The van der Waals surface area contributed by atoms with E-state index in [2.05, 4.69) is 22.5 Å². The van der Waals surface area contributed by atoms with Crippen molar-refractivity contribution in [1.82, 2.24) is 4.98 Å². The Labute approximate surface area is 119 Å². The van der Waals surface area contributed by atoms with Crippen LogP contribution in [0.2, 0.25) is 0 Å². The predicted molar refractivity (Wildman–Crippen MR) is 82.1 cm³/mol. The zero-order chi connectivity index (χ0) is 14.4. The highest BCUT2D eigenvalue weighted by molar-refractivity contribution is 6.03. The summed E-state index contributed by atoms with van der Waals surface area (Å²) in [4.78, 5) is 16.3. The van der Waals surface area contributed by atoms with Gasteiger partial charge in [-0.15, -0.1) is 0 Å². The van der Waals surface area contributed by atoms with Crippen molar-refractivity contribution in [3.05, 3.63) is 53.7 Å². The molecule has 0 aliphatic carbocycles. The maximum atomic E-state index is 12.1. The molecule has 0 bridgehead atoms. The van der Waals surface area contributed by atoms with Crippen LogP contribution in [0.3, 0.4) is 0 Å². The SMILES string of the molecule is CCCNc1ccc(NC(=O)c2cccc(C)c2)nc1. The van der Waals surface area contributed by atoms with Crippen LogP contribution in [0.25, 0.3) is 0 Å². The standard InChI is InChI=1S/C16H19N3O/c1-3-9-17-14-7-8-15(18-11-14)19-16(20)13-6-4-5-12(2)10-13/h4-8,10-11,17H,3,9H2,1-2H3,(H,18,19,20). The number of carbonyl (C=O) groups is 1. The first-order chi connectivity index (χ1) is 9.69. The summed E-state index contributed by atoms with van der Waals surface area (Å²) in [5.74, 6) is 0.411. The maximum Gasteiger partial charge on any atom is 0.256 e. The molecule has 0 atom stereocenters. The smallest absolute Gasteiger partial charge is 0.256 e. The van der Waals surface area contributed by atoms with Crippen molar-refractivity contribution in [2.24, 2.45) is 0 Å². The molecule has 0 fully saturated rings. The number of benzene rings is 1. The highest BCUT2D eigenvalue weighted by Crippen LogP contribution is 2.11. The molecule has 1 aromatic heterocycles. The van der Waals surface area contributed by atoms with Gasteiger partial charge in [-0.1, -0.05) is 24.6 Å². The molecule has 0 saturated carbocycles. The van der Waals surface area contributed by atoms with Crippen LogP contribution in [0.5, 0.6) is 0 Å². The summed E-state index contributed by atoms with van der Waals surface area (Å²) in [5.41, 5.74) is 2.66. The van der Waals surface area contributed by atoms with E-state index in [1.54, 1.807) is 18.3 Å². The minimum Gasteiger partial charge on any atom is -0.384 e. The first kappa shape index (κ1) is 14.1. The van der Waals surface area contributed by atoms with Crippen LogP contribution < -0.4 is 10.6 Å². The zero-order valence-electron chi connectivity index (χ0n) is 11.8. The van der Waals surface area contributed by atoms with Crippen LogP contribution in [0, 0.1) is 6.92 Å². The van der Waals surface area contributed by atoms with E-state index < -0.39 is 0 Å². The lowest BCUT2D eigenvalue weighted by molar-refractivity contribution is 0.102. The molecule has 20 heavy (non-hydrogen) atoms. The van der Waals surface area contributed by atoms with Crippen molar-refractivity contribution in [1.29, 1.82) is 0 Å². The van der Waals surface area contributed by atoms with Crippen molar-refractivity contribution in [2.75, 3.05) is 17.2 Å². The van der Waals surface area contributed by atoms with Gasteiger partial charge in [0.15, 0.2) is 0 Å². The third-order valence-electron chi connectivity index (χ3n) is 2.86. The largest absolute Gasteiger partial charge is 0.384 e. The number of hydrogen-bond donors (Lipinski definition) is 2. The molecule has 4 nitrogen and oxygen atoms in total. The van der Waals surface area contributed by atoms with Gasteiger partial charge in [-0.3, -0.25) is 4.79 Å². The number of nitrogens with zero attached hydrogens (tertiary/aromatic N) is 1. The van der Waals surface area contributed by atoms with E-state index in [4.69, 9.17) is 0 Å². The van der Waals surface area contributed by atoms with Crippen LogP contribution in [0.4, 0.5) is 11.5 Å². The van der Waals surface area contributed by atoms with Crippen LogP contribution in [-0.4, -0.2) is 17.4 Å². The number of amides is 1. The second kappa shape index (κ2) is 6.70. The monoisotopic (exact) mass is 269 g/mol. The lowest BCUT2D eigenvalue weighted by atomic mass is 10.1. The van der Waals surface area contributed by atoms with Crippen molar-refractivity contribution in [2.45, 2.75) is 20.3 Å². The van der Waals surface area contributed by atoms with Crippen molar-refractivity contribution in [3.8, 4) is 0 Å². The van der Waals surface area contributed by atoms with Gasteiger partial charge in [0.2, 0.25) is 0 Å². The average Bonchev–Trinajstić information content (AvgIpc) is 2.46. The second-order valence-electron chi connectivity index (χ2n) is 4.68. The number of nitrogens with one attached hydrogen (secondary N) is 2. The molecule has 1 heterocycles. The van der Waals surface area contributed by atoms with Crippen LogP contribution in [-0.2, 0) is 0 Å². The zero-order valence-corrected chi connectivity index (χ0v) is 11.8. The molecule has 2 aromatic rings. The minimum atomic E-state index is -0.143. The van der Waals surface area contributed by atoms with Gasteiger partial charge in [0.05, 0.1) is 11.9 Å². The molecule has 1 amide bonds. The Kier molecular flexibility index (Phi) is 4.71. The van der Waals surface area contributed by atoms with Crippen LogP contribution in [0.15, 0.2) is 42.6 Å². The Morgan fingerprint density at radius 1 is 1.25 bits per heavy atom. The van der Waals surface area contributed by atoms with Crippen molar-refractivity contribution < 1.29 is 4.79 Å². The number of aromatic nitrogens is 1. The number of aryl methyl sites for hydroxylation is 1. The Hall–Kier alpha value is -2.36. The molecule has 2 rings (SSSR count). The predicted octanol–water partition coefficient (Wildman–Crippen LogP) is 3.46. The third kappa shape index (κ3) is 3.82. The molecule has 0 radical (unpaired) electrons. The van der Waals surface area contributed by atoms with Gasteiger partial charge in [-0.2, -0.15) is 0 Å². The molecule has 0 unspecified atom stereocenters. The van der Waals surface area contributed by atoms with E-state index in [-0.39, 0.29) is 5.91 Å². The number of hydrogen-bond acceptors (Lipinski definition) is 3. The quantitative estimate of drug-likeness (QED) is 0.874. The number of anilines is 2. The Morgan fingerprint density at radius 2 is 2.10 bits per heavy atom. The number of carbonyl (C=O) groups excluding carboxylic acids is 1. The van der Waals surface area contributed by atoms with Crippen LogP contribution in [0.1, 0.15) is 29.3 Å².